The number of benzene rings is 1. The lowest BCUT2D eigenvalue weighted by Crippen LogP contribution is -2.15. The molecule has 0 amide bonds. The number of ether oxygens (including phenoxy) is 1. The van der Waals surface area contributed by atoms with Crippen LogP contribution < -0.4 is 10.2 Å². The summed E-state index contributed by atoms with van der Waals surface area (Å²) in [7, 11) is -2.18. The molecule has 0 unspecified atom stereocenters. The standard InChI is InChI=1S/C13H11BrClNO4S/c1-20-12-3-2-9(4-10(12)14)21(18,19)7-8-5-16-6-11(15)13(8)17/h2-6H,7H2,1H3,(H,16,17). The number of nitrogens with one attached hydrogen (secondary N) is 1. The first-order chi connectivity index (χ1) is 9.85. The third kappa shape index (κ3) is 3.48. The van der Waals surface area contributed by atoms with E-state index in [0.29, 0.717) is 10.2 Å². The number of pyridine rings is 1. The van der Waals surface area contributed by atoms with Crippen molar-refractivity contribution < 1.29 is 13.2 Å². The predicted octanol–water partition coefficient (Wildman–Crippen LogP) is 2.77. The molecule has 0 aliphatic carbocycles. The molecule has 0 spiro atoms. The van der Waals surface area contributed by atoms with Crippen molar-refractivity contribution in [3.05, 3.63) is 55.9 Å². The van der Waals surface area contributed by atoms with Gasteiger partial charge in [0.25, 0.3) is 0 Å². The van der Waals surface area contributed by atoms with Crippen LogP contribution >= 0.6 is 27.5 Å². The van der Waals surface area contributed by atoms with E-state index in [1.54, 1.807) is 6.07 Å². The highest BCUT2D eigenvalue weighted by Gasteiger charge is 2.19. The largest absolute Gasteiger partial charge is 0.496 e. The fourth-order valence-electron chi connectivity index (χ4n) is 1.74. The minimum Gasteiger partial charge on any atom is -0.496 e. The van der Waals surface area contributed by atoms with Gasteiger partial charge in [0.15, 0.2) is 9.84 Å². The highest BCUT2D eigenvalue weighted by Crippen LogP contribution is 2.28. The third-order valence-electron chi connectivity index (χ3n) is 2.80. The van der Waals surface area contributed by atoms with Gasteiger partial charge in [-0.1, -0.05) is 11.6 Å². The second kappa shape index (κ2) is 6.21. The van der Waals surface area contributed by atoms with Crippen molar-refractivity contribution >= 4 is 37.4 Å². The molecule has 8 heteroatoms. The van der Waals surface area contributed by atoms with Crippen LogP contribution in [0.5, 0.6) is 5.75 Å². The van der Waals surface area contributed by atoms with Crippen LogP contribution in [0.4, 0.5) is 0 Å². The number of aromatic nitrogens is 1. The minimum atomic E-state index is -3.66. The van der Waals surface area contributed by atoms with Gasteiger partial charge in [-0.2, -0.15) is 0 Å². The molecular formula is C13H11BrClNO4S. The Morgan fingerprint density at radius 3 is 2.67 bits per heavy atom. The van der Waals surface area contributed by atoms with Crippen LogP contribution in [0.25, 0.3) is 0 Å². The Morgan fingerprint density at radius 2 is 2.05 bits per heavy atom. The van der Waals surface area contributed by atoms with Crippen molar-refractivity contribution in [2.45, 2.75) is 10.6 Å². The van der Waals surface area contributed by atoms with E-state index in [9.17, 15) is 13.2 Å². The summed E-state index contributed by atoms with van der Waals surface area (Å²) in [6.07, 6.45) is 2.65. The fourth-order valence-corrected chi connectivity index (χ4v) is 3.98. The summed E-state index contributed by atoms with van der Waals surface area (Å²) in [6, 6.07) is 4.41. The molecule has 2 aromatic rings. The van der Waals surface area contributed by atoms with Crippen LogP contribution in [-0.2, 0) is 15.6 Å². The summed E-state index contributed by atoms with van der Waals surface area (Å²) < 4.78 is 30.3. The first kappa shape index (κ1) is 16.1. The molecule has 0 bridgehead atoms. The van der Waals surface area contributed by atoms with Crippen molar-refractivity contribution in [1.29, 1.82) is 0 Å². The van der Waals surface area contributed by atoms with Gasteiger partial charge in [-0.05, 0) is 34.1 Å². The van der Waals surface area contributed by atoms with Gasteiger partial charge in [0, 0.05) is 18.0 Å². The highest BCUT2D eigenvalue weighted by atomic mass is 79.9. The SMILES string of the molecule is COc1ccc(S(=O)(=O)Cc2c[nH]cc(Cl)c2=O)cc1Br. The van der Waals surface area contributed by atoms with E-state index in [2.05, 4.69) is 20.9 Å². The number of hydrogen-bond acceptors (Lipinski definition) is 4. The van der Waals surface area contributed by atoms with Crippen LogP contribution in [0.15, 0.2) is 44.8 Å². The second-order valence-electron chi connectivity index (χ2n) is 4.21. The van der Waals surface area contributed by atoms with Crippen LogP contribution in [0, 0.1) is 0 Å². The quantitative estimate of drug-likeness (QED) is 0.868. The lowest BCUT2D eigenvalue weighted by atomic mass is 10.3. The Morgan fingerprint density at radius 1 is 1.33 bits per heavy atom. The molecule has 0 aliphatic rings. The average molecular weight is 393 g/mol. The summed E-state index contributed by atoms with van der Waals surface area (Å²) in [5.41, 5.74) is -0.402. The van der Waals surface area contributed by atoms with Gasteiger partial charge >= 0.3 is 0 Å². The maximum Gasteiger partial charge on any atom is 0.204 e. The molecular weight excluding hydrogens is 382 g/mol. The third-order valence-corrected chi connectivity index (χ3v) is 5.37. The van der Waals surface area contributed by atoms with Gasteiger partial charge in [-0.25, -0.2) is 8.42 Å². The highest BCUT2D eigenvalue weighted by molar-refractivity contribution is 9.10. The molecule has 0 saturated heterocycles. The summed E-state index contributed by atoms with van der Waals surface area (Å²) in [5, 5.41) is -0.0430. The van der Waals surface area contributed by atoms with E-state index in [4.69, 9.17) is 16.3 Å². The van der Waals surface area contributed by atoms with E-state index in [1.807, 2.05) is 0 Å². The maximum atomic E-state index is 12.4. The molecule has 0 atom stereocenters. The zero-order valence-corrected chi connectivity index (χ0v) is 14.0. The molecule has 1 N–H and O–H groups in total. The van der Waals surface area contributed by atoms with E-state index in [1.165, 1.54) is 31.6 Å². The van der Waals surface area contributed by atoms with Gasteiger partial charge in [0.05, 0.1) is 22.2 Å². The lowest BCUT2D eigenvalue weighted by molar-refractivity contribution is 0.411. The molecule has 1 heterocycles. The van der Waals surface area contributed by atoms with Crippen LogP contribution in [0.3, 0.4) is 0 Å². The summed E-state index contributed by atoms with van der Waals surface area (Å²) in [4.78, 5) is 14.5. The molecule has 0 fully saturated rings. The smallest absolute Gasteiger partial charge is 0.204 e. The van der Waals surface area contributed by atoms with Gasteiger partial charge in [0.1, 0.15) is 10.8 Å². The molecule has 5 nitrogen and oxygen atoms in total. The Bertz CT molecular complexity index is 832. The zero-order chi connectivity index (χ0) is 15.6. The number of hydrogen-bond donors (Lipinski definition) is 1. The van der Waals surface area contributed by atoms with Crippen molar-refractivity contribution in [2.75, 3.05) is 7.11 Å². The van der Waals surface area contributed by atoms with Gasteiger partial charge in [-0.15, -0.1) is 0 Å². The van der Waals surface area contributed by atoms with Crippen molar-refractivity contribution in [2.24, 2.45) is 0 Å². The number of sulfone groups is 1. The molecule has 2 rings (SSSR count). The van der Waals surface area contributed by atoms with E-state index >= 15 is 0 Å². The van der Waals surface area contributed by atoms with E-state index in [0.717, 1.165) is 0 Å². The number of halogens is 2. The molecule has 112 valence electrons. The van der Waals surface area contributed by atoms with Gasteiger partial charge in [-0.3, -0.25) is 4.79 Å². The number of rotatable bonds is 4. The van der Waals surface area contributed by atoms with Crippen molar-refractivity contribution in [3.63, 3.8) is 0 Å². The van der Waals surface area contributed by atoms with Gasteiger partial charge < -0.3 is 9.72 Å². The molecule has 1 aromatic carbocycles. The number of H-pyrrole nitrogens is 1. The maximum absolute atomic E-state index is 12.4. The Hall–Kier alpha value is -1.31. The van der Waals surface area contributed by atoms with Crippen molar-refractivity contribution in [1.82, 2.24) is 4.98 Å². The minimum absolute atomic E-state index is 0.0430. The summed E-state index contributed by atoms with van der Waals surface area (Å²) >= 11 is 8.92. The second-order valence-corrected chi connectivity index (χ2v) is 7.46. The monoisotopic (exact) mass is 391 g/mol. The summed E-state index contributed by atoms with van der Waals surface area (Å²) in [6.45, 7) is 0. The van der Waals surface area contributed by atoms with Crippen LogP contribution in [0.1, 0.15) is 5.56 Å². The first-order valence-electron chi connectivity index (χ1n) is 5.77. The molecule has 21 heavy (non-hydrogen) atoms. The lowest BCUT2D eigenvalue weighted by Gasteiger charge is -2.07. The Balaban J connectivity index is 2.41. The van der Waals surface area contributed by atoms with E-state index in [-0.39, 0.29) is 15.5 Å². The molecule has 1 aromatic heterocycles. The normalized spacial score (nSPS) is 11.4. The summed E-state index contributed by atoms with van der Waals surface area (Å²) in [5.74, 6) is 0.0938. The van der Waals surface area contributed by atoms with Crippen molar-refractivity contribution in [3.8, 4) is 5.75 Å². The van der Waals surface area contributed by atoms with Crippen LogP contribution in [0.2, 0.25) is 5.02 Å². The zero-order valence-electron chi connectivity index (χ0n) is 10.9. The molecule has 0 radical (unpaired) electrons. The fraction of sp³-hybridized carbons (Fsp3) is 0.154. The average Bonchev–Trinajstić information content (AvgIpc) is 2.43. The number of methoxy groups -OCH3 is 1. The van der Waals surface area contributed by atoms with E-state index < -0.39 is 21.0 Å². The predicted molar refractivity (Wildman–Crippen MR) is 83.7 cm³/mol. The Kier molecular flexibility index (Phi) is 4.75. The van der Waals surface area contributed by atoms with Crippen LogP contribution in [-0.4, -0.2) is 20.5 Å². The first-order valence-corrected chi connectivity index (χ1v) is 8.59. The Labute approximate surface area is 135 Å². The molecule has 0 aliphatic heterocycles. The molecule has 0 saturated carbocycles. The van der Waals surface area contributed by atoms with Gasteiger partial charge in [0.2, 0.25) is 5.43 Å². The number of aromatic amines is 1. The topological polar surface area (TPSA) is 76.2 Å².